The smallest absolute Gasteiger partial charge is 0.166 e. The highest BCUT2D eigenvalue weighted by molar-refractivity contribution is 5.92. The van der Waals surface area contributed by atoms with E-state index in [1.165, 1.54) is 43.0 Å². The van der Waals surface area contributed by atoms with Crippen LogP contribution < -0.4 is 0 Å². The van der Waals surface area contributed by atoms with Crippen molar-refractivity contribution in [2.75, 3.05) is 0 Å². The number of hydrogen-bond acceptors (Lipinski definition) is 3. The van der Waals surface area contributed by atoms with E-state index in [4.69, 9.17) is 10.1 Å². The predicted octanol–water partition coefficient (Wildman–Crippen LogP) is 5.73. The minimum atomic E-state index is -0.521. The summed E-state index contributed by atoms with van der Waals surface area (Å²) in [5, 5.41) is 16.5. The first-order valence-corrected chi connectivity index (χ1v) is 12.9. The third kappa shape index (κ3) is 2.45. The first kappa shape index (κ1) is 20.4. The maximum Gasteiger partial charge on any atom is 0.166 e. The standard InChI is InChI=1S/C28H34FN3O/c1-26-14-16-15-30-25-24-21(29)5-4-6-22(24)31-32(25)23(16)13-17(26)7-8-18-19(26)9-11-27(2)20(18)10-12-28(27,3)33/h4-6,15,17-20,33H,7-14H2,1-3H3. The van der Waals surface area contributed by atoms with Crippen LogP contribution in [0.2, 0.25) is 0 Å². The van der Waals surface area contributed by atoms with Crippen LogP contribution in [0.25, 0.3) is 16.6 Å². The zero-order valence-corrected chi connectivity index (χ0v) is 19.9. The summed E-state index contributed by atoms with van der Waals surface area (Å²) in [5.74, 6) is 2.46. The molecule has 0 amide bonds. The molecule has 5 heteroatoms. The highest BCUT2D eigenvalue weighted by Crippen LogP contribution is 2.67. The third-order valence-corrected chi connectivity index (χ3v) is 11.2. The fraction of sp³-hybridized carbons (Fsp3) is 0.643. The Balaban J connectivity index is 1.30. The van der Waals surface area contributed by atoms with Gasteiger partial charge in [-0.15, -0.1) is 0 Å². The number of aliphatic hydroxyl groups is 1. The van der Waals surface area contributed by atoms with Gasteiger partial charge in [-0.25, -0.2) is 13.9 Å². The largest absolute Gasteiger partial charge is 0.390 e. The third-order valence-electron chi connectivity index (χ3n) is 11.2. The first-order valence-electron chi connectivity index (χ1n) is 12.9. The van der Waals surface area contributed by atoms with Gasteiger partial charge in [-0.3, -0.25) is 0 Å². The minimum Gasteiger partial charge on any atom is -0.390 e. The molecule has 2 aromatic heterocycles. The van der Waals surface area contributed by atoms with Gasteiger partial charge in [-0.05, 0) is 110 Å². The van der Waals surface area contributed by atoms with Crippen LogP contribution in [-0.4, -0.2) is 25.3 Å². The van der Waals surface area contributed by atoms with Gasteiger partial charge in [-0.2, -0.15) is 5.10 Å². The Labute approximate surface area is 194 Å². The van der Waals surface area contributed by atoms with Crippen molar-refractivity contribution in [3.8, 4) is 0 Å². The quantitative estimate of drug-likeness (QED) is 0.479. The molecule has 7 atom stereocenters. The average molecular weight is 448 g/mol. The highest BCUT2D eigenvalue weighted by Gasteiger charge is 2.63. The number of benzene rings is 1. The molecule has 7 rings (SSSR count). The number of fused-ring (bicyclic) bond motifs is 10. The van der Waals surface area contributed by atoms with Gasteiger partial charge in [0.15, 0.2) is 5.65 Å². The molecule has 0 radical (unpaired) electrons. The molecule has 3 aromatic rings. The molecule has 0 bridgehead atoms. The van der Waals surface area contributed by atoms with Crippen molar-refractivity contribution in [2.24, 2.45) is 34.5 Å². The van der Waals surface area contributed by atoms with Crippen molar-refractivity contribution < 1.29 is 9.50 Å². The lowest BCUT2D eigenvalue weighted by molar-refractivity contribution is -0.139. The molecular formula is C28H34FN3O. The van der Waals surface area contributed by atoms with Crippen LogP contribution in [0.1, 0.15) is 70.6 Å². The van der Waals surface area contributed by atoms with Gasteiger partial charge in [-0.1, -0.05) is 19.9 Å². The van der Waals surface area contributed by atoms with Gasteiger partial charge in [0.1, 0.15) is 5.82 Å². The molecule has 0 saturated heterocycles. The van der Waals surface area contributed by atoms with Crippen molar-refractivity contribution in [3.05, 3.63) is 41.5 Å². The number of halogens is 1. The summed E-state index contributed by atoms with van der Waals surface area (Å²) in [4.78, 5) is 4.73. The Morgan fingerprint density at radius 2 is 1.88 bits per heavy atom. The van der Waals surface area contributed by atoms with Gasteiger partial charge < -0.3 is 5.11 Å². The van der Waals surface area contributed by atoms with E-state index in [1.807, 2.05) is 16.8 Å². The maximum absolute atomic E-state index is 14.6. The predicted molar refractivity (Wildman–Crippen MR) is 126 cm³/mol. The van der Waals surface area contributed by atoms with Crippen LogP contribution in [0.4, 0.5) is 4.39 Å². The Kier molecular flexibility index (Phi) is 3.92. The molecule has 1 N–H and O–H groups in total. The molecule has 4 aliphatic carbocycles. The van der Waals surface area contributed by atoms with Crippen molar-refractivity contribution in [1.29, 1.82) is 0 Å². The van der Waals surface area contributed by atoms with Gasteiger partial charge in [0.05, 0.1) is 16.5 Å². The van der Waals surface area contributed by atoms with Crippen molar-refractivity contribution in [2.45, 2.75) is 77.7 Å². The van der Waals surface area contributed by atoms with E-state index in [0.717, 1.165) is 31.6 Å². The summed E-state index contributed by atoms with van der Waals surface area (Å²) in [6.45, 7) is 7.00. The lowest BCUT2D eigenvalue weighted by Gasteiger charge is -2.61. The van der Waals surface area contributed by atoms with Crippen LogP contribution >= 0.6 is 0 Å². The number of aromatic nitrogens is 3. The molecule has 33 heavy (non-hydrogen) atoms. The Hall–Kier alpha value is -2.01. The lowest BCUT2D eigenvalue weighted by Crippen LogP contribution is -2.56. The second kappa shape index (κ2) is 6.35. The molecule has 174 valence electrons. The monoisotopic (exact) mass is 447 g/mol. The van der Waals surface area contributed by atoms with E-state index in [-0.39, 0.29) is 16.6 Å². The minimum absolute atomic E-state index is 0.0664. The maximum atomic E-state index is 14.6. The molecule has 0 spiro atoms. The van der Waals surface area contributed by atoms with Crippen LogP contribution in [-0.2, 0) is 12.8 Å². The fourth-order valence-electron chi connectivity index (χ4n) is 9.13. The van der Waals surface area contributed by atoms with Crippen LogP contribution in [0.5, 0.6) is 0 Å². The van der Waals surface area contributed by atoms with Gasteiger partial charge in [0.25, 0.3) is 0 Å². The van der Waals surface area contributed by atoms with E-state index in [9.17, 15) is 9.50 Å². The van der Waals surface area contributed by atoms with E-state index >= 15 is 0 Å². The van der Waals surface area contributed by atoms with Crippen molar-refractivity contribution in [3.63, 3.8) is 0 Å². The first-order chi connectivity index (χ1) is 15.7. The topological polar surface area (TPSA) is 50.4 Å². The van der Waals surface area contributed by atoms with E-state index in [2.05, 4.69) is 20.8 Å². The second-order valence-corrected chi connectivity index (χ2v) is 12.4. The Bertz CT molecular complexity index is 1300. The van der Waals surface area contributed by atoms with Crippen molar-refractivity contribution >= 4 is 16.6 Å². The van der Waals surface area contributed by atoms with Crippen LogP contribution in [0, 0.1) is 40.3 Å². The lowest BCUT2D eigenvalue weighted by atomic mass is 9.44. The summed E-state index contributed by atoms with van der Waals surface area (Å²) in [7, 11) is 0. The Morgan fingerprint density at radius 3 is 2.73 bits per heavy atom. The average Bonchev–Trinajstić information content (AvgIpc) is 3.27. The molecule has 1 aromatic carbocycles. The van der Waals surface area contributed by atoms with Crippen LogP contribution in [0.3, 0.4) is 0 Å². The van der Waals surface area contributed by atoms with Gasteiger partial charge in [0, 0.05) is 11.9 Å². The second-order valence-electron chi connectivity index (χ2n) is 12.4. The normalized spacial score (nSPS) is 42.1. The molecular weight excluding hydrogens is 413 g/mol. The van der Waals surface area contributed by atoms with E-state index in [0.29, 0.717) is 34.3 Å². The summed E-state index contributed by atoms with van der Waals surface area (Å²) >= 11 is 0. The molecule has 7 unspecified atom stereocenters. The zero-order chi connectivity index (χ0) is 22.8. The Morgan fingerprint density at radius 1 is 1.06 bits per heavy atom. The van der Waals surface area contributed by atoms with Crippen molar-refractivity contribution in [1.82, 2.24) is 14.6 Å². The molecule has 2 heterocycles. The number of hydrogen-bond donors (Lipinski definition) is 1. The number of rotatable bonds is 0. The summed E-state index contributed by atoms with van der Waals surface area (Å²) in [6.07, 6.45) is 11.1. The van der Waals surface area contributed by atoms with Gasteiger partial charge in [0.2, 0.25) is 0 Å². The molecule has 0 aliphatic heterocycles. The SMILES string of the molecule is CC12Cc3cnc4c5c(F)cccc5nn4c3CC1CCC1C2CCC2(C)C1CCC2(C)O. The molecule has 4 aliphatic rings. The highest BCUT2D eigenvalue weighted by atomic mass is 19.1. The van der Waals surface area contributed by atoms with Crippen LogP contribution in [0.15, 0.2) is 24.4 Å². The summed E-state index contributed by atoms with van der Waals surface area (Å²) < 4.78 is 16.5. The zero-order valence-electron chi connectivity index (χ0n) is 19.9. The van der Waals surface area contributed by atoms with E-state index < -0.39 is 5.60 Å². The summed E-state index contributed by atoms with van der Waals surface area (Å²) in [6, 6.07) is 5.11. The molecule has 4 nitrogen and oxygen atoms in total. The fourth-order valence-corrected chi connectivity index (χ4v) is 9.13. The molecule has 3 fully saturated rings. The molecule has 3 saturated carbocycles. The van der Waals surface area contributed by atoms with Gasteiger partial charge >= 0.3 is 0 Å². The summed E-state index contributed by atoms with van der Waals surface area (Å²) in [5.41, 5.74) is 3.68. The van der Waals surface area contributed by atoms with E-state index in [1.54, 1.807) is 6.07 Å². The number of nitrogens with zero attached hydrogens (tertiary/aromatic N) is 3.